The number of hydrogen-bond acceptors (Lipinski definition) is 2. The minimum atomic E-state index is 0.168. The topological polar surface area (TPSA) is 24.9 Å². The Morgan fingerprint density at radius 1 is 1.16 bits per heavy atom. The third-order valence-electron chi connectivity index (χ3n) is 3.70. The molecule has 0 aliphatic carbocycles. The van der Waals surface area contributed by atoms with Gasteiger partial charge in [0.15, 0.2) is 0 Å². The molecule has 3 heteroatoms. The van der Waals surface area contributed by atoms with Crippen molar-refractivity contribution in [2.45, 2.75) is 32.1 Å². The molecule has 1 aromatic heterocycles. The minimum Gasteiger partial charge on any atom is -0.383 e. The molecule has 0 saturated heterocycles. The van der Waals surface area contributed by atoms with Gasteiger partial charge in [0.25, 0.3) is 0 Å². The highest BCUT2D eigenvalue weighted by molar-refractivity contribution is 6.21. The van der Waals surface area contributed by atoms with Crippen LogP contribution < -0.4 is 5.32 Å². The van der Waals surface area contributed by atoms with Crippen molar-refractivity contribution >= 4 is 28.2 Å². The van der Waals surface area contributed by atoms with Crippen molar-refractivity contribution in [1.29, 1.82) is 0 Å². The lowest BCUT2D eigenvalue weighted by atomic mass is 9.99. The maximum Gasteiger partial charge on any atom is 0.0722 e. The van der Waals surface area contributed by atoms with Crippen LogP contribution in [0, 0.1) is 5.92 Å². The fraction of sp³-hybridized carbons (Fsp3) is 0.438. The molecule has 0 amide bonds. The molecule has 0 saturated carbocycles. The molecular formula is C16H21ClN2. The molecule has 1 heterocycles. The number of pyridine rings is 1. The molecule has 0 radical (unpaired) electrons. The average molecular weight is 277 g/mol. The van der Waals surface area contributed by atoms with Gasteiger partial charge in [0.05, 0.1) is 10.9 Å². The summed E-state index contributed by atoms with van der Waals surface area (Å²) < 4.78 is 0. The average Bonchev–Trinajstić information content (AvgIpc) is 2.46. The Morgan fingerprint density at radius 2 is 1.89 bits per heavy atom. The first-order valence-corrected chi connectivity index (χ1v) is 7.41. The molecule has 1 atom stereocenters. The lowest BCUT2D eigenvalue weighted by Gasteiger charge is -2.20. The van der Waals surface area contributed by atoms with Crippen molar-refractivity contribution in [1.82, 2.24) is 4.98 Å². The summed E-state index contributed by atoms with van der Waals surface area (Å²) in [5.74, 6) is 0.572. The van der Waals surface area contributed by atoms with Gasteiger partial charge in [0.1, 0.15) is 0 Å². The summed E-state index contributed by atoms with van der Waals surface area (Å²) >= 11 is 6.47. The molecule has 2 rings (SSSR count). The smallest absolute Gasteiger partial charge is 0.0722 e. The van der Waals surface area contributed by atoms with Gasteiger partial charge in [-0.25, -0.2) is 0 Å². The van der Waals surface area contributed by atoms with Crippen molar-refractivity contribution in [2.24, 2.45) is 5.92 Å². The lowest BCUT2D eigenvalue weighted by molar-refractivity contribution is 0.475. The molecule has 1 unspecified atom stereocenters. The van der Waals surface area contributed by atoms with Gasteiger partial charge >= 0.3 is 0 Å². The van der Waals surface area contributed by atoms with E-state index in [1.54, 1.807) is 0 Å². The summed E-state index contributed by atoms with van der Waals surface area (Å²) in [6.07, 6.45) is 4.10. The zero-order chi connectivity index (χ0) is 13.7. The van der Waals surface area contributed by atoms with Gasteiger partial charge in [0, 0.05) is 23.8 Å². The number of fused-ring (bicyclic) bond motifs is 1. The Hall–Kier alpha value is -1.28. The SMILES string of the molecule is CCC(CC)C(Cl)CNc1ccnc2ccccc12. The van der Waals surface area contributed by atoms with E-state index in [0.29, 0.717) is 5.92 Å². The number of anilines is 1. The van der Waals surface area contributed by atoms with E-state index in [0.717, 1.165) is 36.0 Å². The zero-order valence-corrected chi connectivity index (χ0v) is 12.3. The molecule has 0 aliphatic heterocycles. The van der Waals surface area contributed by atoms with Gasteiger partial charge in [0.2, 0.25) is 0 Å². The molecule has 1 N–H and O–H groups in total. The van der Waals surface area contributed by atoms with E-state index in [9.17, 15) is 0 Å². The van der Waals surface area contributed by atoms with Crippen molar-refractivity contribution in [3.63, 3.8) is 0 Å². The quantitative estimate of drug-likeness (QED) is 0.774. The summed E-state index contributed by atoms with van der Waals surface area (Å²) in [4.78, 5) is 4.36. The van der Waals surface area contributed by atoms with E-state index in [-0.39, 0.29) is 5.38 Å². The number of alkyl halides is 1. The van der Waals surface area contributed by atoms with Gasteiger partial charge in [-0.2, -0.15) is 0 Å². The van der Waals surface area contributed by atoms with Gasteiger partial charge < -0.3 is 5.32 Å². The summed E-state index contributed by atoms with van der Waals surface area (Å²) in [6.45, 7) is 5.19. The van der Waals surface area contributed by atoms with E-state index in [2.05, 4.69) is 30.2 Å². The van der Waals surface area contributed by atoms with Crippen molar-refractivity contribution < 1.29 is 0 Å². The van der Waals surface area contributed by atoms with Crippen LogP contribution in [0.15, 0.2) is 36.5 Å². The van der Waals surface area contributed by atoms with Gasteiger partial charge in [-0.15, -0.1) is 11.6 Å². The molecule has 102 valence electrons. The highest BCUT2D eigenvalue weighted by Crippen LogP contribution is 2.23. The van der Waals surface area contributed by atoms with Crippen LogP contribution in [0.25, 0.3) is 10.9 Å². The standard InChI is InChI=1S/C16H21ClN2/c1-3-12(4-2)14(17)11-19-16-9-10-18-15-8-6-5-7-13(15)16/h5-10,12,14H,3-4,11H2,1-2H3,(H,18,19). The normalized spacial score (nSPS) is 12.8. The van der Waals surface area contributed by atoms with Crippen molar-refractivity contribution in [3.8, 4) is 0 Å². The number of rotatable bonds is 6. The zero-order valence-electron chi connectivity index (χ0n) is 11.6. The second-order valence-electron chi connectivity index (χ2n) is 4.85. The third kappa shape index (κ3) is 3.38. The number of benzene rings is 1. The molecule has 0 aliphatic rings. The van der Waals surface area contributed by atoms with Crippen LogP contribution in [0.4, 0.5) is 5.69 Å². The van der Waals surface area contributed by atoms with Crippen LogP contribution >= 0.6 is 11.6 Å². The Balaban J connectivity index is 2.09. The lowest BCUT2D eigenvalue weighted by Crippen LogP contribution is -2.22. The van der Waals surface area contributed by atoms with E-state index in [1.165, 1.54) is 0 Å². The highest BCUT2D eigenvalue weighted by Gasteiger charge is 2.15. The van der Waals surface area contributed by atoms with Crippen LogP contribution in [0.1, 0.15) is 26.7 Å². The summed E-state index contributed by atoms with van der Waals surface area (Å²) in [6, 6.07) is 10.2. The maximum atomic E-state index is 6.47. The highest BCUT2D eigenvalue weighted by atomic mass is 35.5. The van der Waals surface area contributed by atoms with E-state index >= 15 is 0 Å². The first kappa shape index (κ1) is 14.1. The molecule has 0 fully saturated rings. The molecule has 1 aromatic carbocycles. The van der Waals surface area contributed by atoms with Crippen LogP contribution in [0.3, 0.4) is 0 Å². The summed E-state index contributed by atoms with van der Waals surface area (Å²) in [5, 5.41) is 4.78. The molecule has 2 nitrogen and oxygen atoms in total. The monoisotopic (exact) mass is 276 g/mol. The predicted molar refractivity (Wildman–Crippen MR) is 83.9 cm³/mol. The molecule has 19 heavy (non-hydrogen) atoms. The fourth-order valence-corrected chi connectivity index (χ4v) is 2.86. The van der Waals surface area contributed by atoms with Crippen LogP contribution in [0.2, 0.25) is 0 Å². The van der Waals surface area contributed by atoms with Gasteiger partial charge in [-0.3, -0.25) is 4.98 Å². The Morgan fingerprint density at radius 3 is 2.63 bits per heavy atom. The van der Waals surface area contributed by atoms with Crippen molar-refractivity contribution in [2.75, 3.05) is 11.9 Å². The number of nitrogens with zero attached hydrogens (tertiary/aromatic N) is 1. The van der Waals surface area contributed by atoms with Crippen LogP contribution in [-0.4, -0.2) is 16.9 Å². The number of nitrogens with one attached hydrogen (secondary N) is 1. The van der Waals surface area contributed by atoms with Crippen molar-refractivity contribution in [3.05, 3.63) is 36.5 Å². The maximum absolute atomic E-state index is 6.47. The first-order chi connectivity index (χ1) is 9.26. The Labute approximate surface area is 120 Å². The van der Waals surface area contributed by atoms with Crippen LogP contribution in [-0.2, 0) is 0 Å². The third-order valence-corrected chi connectivity index (χ3v) is 4.21. The number of para-hydroxylation sites is 1. The summed E-state index contributed by atoms with van der Waals surface area (Å²) in [7, 11) is 0. The van der Waals surface area contributed by atoms with Gasteiger partial charge in [-0.05, 0) is 18.1 Å². The number of halogens is 1. The Kier molecular flexibility index (Phi) is 5.03. The number of aromatic nitrogens is 1. The first-order valence-electron chi connectivity index (χ1n) is 6.98. The largest absolute Gasteiger partial charge is 0.383 e. The van der Waals surface area contributed by atoms with Crippen LogP contribution in [0.5, 0.6) is 0 Å². The number of hydrogen-bond donors (Lipinski definition) is 1. The molecule has 0 bridgehead atoms. The van der Waals surface area contributed by atoms with E-state index < -0.39 is 0 Å². The summed E-state index contributed by atoms with van der Waals surface area (Å²) in [5.41, 5.74) is 2.13. The second-order valence-corrected chi connectivity index (χ2v) is 5.41. The minimum absolute atomic E-state index is 0.168. The van der Waals surface area contributed by atoms with Gasteiger partial charge in [-0.1, -0.05) is 44.9 Å². The second kappa shape index (κ2) is 6.76. The fourth-order valence-electron chi connectivity index (χ4n) is 2.42. The van der Waals surface area contributed by atoms with E-state index in [4.69, 9.17) is 11.6 Å². The molecule has 2 aromatic rings. The van der Waals surface area contributed by atoms with E-state index in [1.807, 2.05) is 30.5 Å². The molecule has 0 spiro atoms. The predicted octanol–water partition coefficient (Wildman–Crippen LogP) is 4.69. The molecular weight excluding hydrogens is 256 g/mol. The Bertz CT molecular complexity index is 518.